The van der Waals surface area contributed by atoms with Gasteiger partial charge in [-0.05, 0) is 6.42 Å². The second-order valence-corrected chi connectivity index (χ2v) is 4.14. The van der Waals surface area contributed by atoms with E-state index in [1.807, 2.05) is 17.8 Å². The average molecular weight is 271 g/mol. The van der Waals surface area contributed by atoms with Gasteiger partial charge in [-0.25, -0.2) is 9.55 Å². The SMILES string of the molecule is CCCOCCOCCOC(=O)Cc1[nH]cc[n+]1C. The summed E-state index contributed by atoms with van der Waals surface area (Å²) in [4.78, 5) is 14.5. The van der Waals surface area contributed by atoms with E-state index in [4.69, 9.17) is 14.2 Å². The minimum absolute atomic E-state index is 0.239. The van der Waals surface area contributed by atoms with Crippen molar-refractivity contribution in [3.63, 3.8) is 0 Å². The van der Waals surface area contributed by atoms with Gasteiger partial charge in [-0.3, -0.25) is 4.79 Å². The molecule has 19 heavy (non-hydrogen) atoms. The number of hydrogen-bond acceptors (Lipinski definition) is 4. The van der Waals surface area contributed by atoms with E-state index in [1.165, 1.54) is 0 Å². The van der Waals surface area contributed by atoms with Crippen LogP contribution in [0.1, 0.15) is 19.2 Å². The summed E-state index contributed by atoms with van der Waals surface area (Å²) in [6.45, 7) is 4.61. The summed E-state index contributed by atoms with van der Waals surface area (Å²) in [5.74, 6) is 0.558. The lowest BCUT2D eigenvalue weighted by molar-refractivity contribution is -0.677. The monoisotopic (exact) mass is 271 g/mol. The Morgan fingerprint density at radius 1 is 1.21 bits per heavy atom. The van der Waals surface area contributed by atoms with Gasteiger partial charge in [-0.15, -0.1) is 0 Å². The molecule has 0 bridgehead atoms. The number of nitrogens with zero attached hydrogens (tertiary/aromatic N) is 1. The molecular formula is C13H23N2O4+. The molecule has 0 spiro atoms. The average Bonchev–Trinajstić information content (AvgIpc) is 2.78. The van der Waals surface area contributed by atoms with Crippen molar-refractivity contribution >= 4 is 5.97 Å². The lowest BCUT2D eigenvalue weighted by Gasteiger charge is -2.05. The van der Waals surface area contributed by atoms with Crippen molar-refractivity contribution in [1.82, 2.24) is 4.98 Å². The molecule has 0 unspecified atom stereocenters. The highest BCUT2D eigenvalue weighted by Crippen LogP contribution is 1.91. The van der Waals surface area contributed by atoms with Gasteiger partial charge >= 0.3 is 5.97 Å². The van der Waals surface area contributed by atoms with Gasteiger partial charge in [0, 0.05) is 6.61 Å². The number of esters is 1. The summed E-state index contributed by atoms with van der Waals surface area (Å²) >= 11 is 0. The van der Waals surface area contributed by atoms with E-state index in [-0.39, 0.29) is 19.0 Å². The smallest absolute Gasteiger partial charge is 0.318 e. The Kier molecular flexibility index (Phi) is 7.84. The highest BCUT2D eigenvalue weighted by atomic mass is 16.6. The molecule has 0 atom stereocenters. The van der Waals surface area contributed by atoms with Crippen molar-refractivity contribution in [1.29, 1.82) is 0 Å². The topological polar surface area (TPSA) is 64.4 Å². The van der Waals surface area contributed by atoms with E-state index in [0.29, 0.717) is 19.8 Å². The Bertz CT molecular complexity index is 365. The van der Waals surface area contributed by atoms with Crippen LogP contribution in [0.2, 0.25) is 0 Å². The Labute approximate surface area is 113 Å². The zero-order valence-electron chi connectivity index (χ0n) is 11.7. The summed E-state index contributed by atoms with van der Waals surface area (Å²) < 4.78 is 17.4. The van der Waals surface area contributed by atoms with Crippen molar-refractivity contribution < 1.29 is 23.6 Å². The van der Waals surface area contributed by atoms with Crippen molar-refractivity contribution in [3.05, 3.63) is 18.2 Å². The zero-order valence-corrected chi connectivity index (χ0v) is 11.7. The molecule has 0 aromatic carbocycles. The molecule has 0 aliphatic heterocycles. The van der Waals surface area contributed by atoms with E-state index >= 15 is 0 Å². The maximum atomic E-state index is 11.5. The molecule has 6 heteroatoms. The number of carbonyl (C=O) groups excluding carboxylic acids is 1. The number of hydrogen-bond donors (Lipinski definition) is 1. The van der Waals surface area contributed by atoms with E-state index in [0.717, 1.165) is 18.9 Å². The van der Waals surface area contributed by atoms with Crippen LogP contribution in [0.15, 0.2) is 12.4 Å². The lowest BCUT2D eigenvalue weighted by Crippen LogP contribution is -2.32. The number of aryl methyl sites for hydroxylation is 1. The Balaban J connectivity index is 1.97. The third kappa shape index (κ3) is 6.93. The van der Waals surface area contributed by atoms with Gasteiger partial charge < -0.3 is 14.2 Å². The third-order valence-electron chi connectivity index (χ3n) is 2.50. The highest BCUT2D eigenvalue weighted by Gasteiger charge is 2.13. The van der Waals surface area contributed by atoms with Crippen molar-refractivity contribution in [2.45, 2.75) is 19.8 Å². The molecule has 1 rings (SSSR count). The second-order valence-electron chi connectivity index (χ2n) is 4.14. The van der Waals surface area contributed by atoms with Crippen LogP contribution in [0, 0.1) is 0 Å². The highest BCUT2D eigenvalue weighted by molar-refractivity contribution is 5.71. The molecular weight excluding hydrogens is 248 g/mol. The third-order valence-corrected chi connectivity index (χ3v) is 2.50. The predicted octanol–water partition coefficient (Wildman–Crippen LogP) is 0.368. The molecule has 0 amide bonds. The van der Waals surface area contributed by atoms with Crippen LogP contribution in [0.25, 0.3) is 0 Å². The second kappa shape index (κ2) is 9.52. The molecule has 1 aromatic rings. The van der Waals surface area contributed by atoms with Crippen molar-refractivity contribution in [3.8, 4) is 0 Å². The number of carbonyl (C=O) groups is 1. The van der Waals surface area contributed by atoms with Crippen LogP contribution in [0.4, 0.5) is 0 Å². The number of nitrogens with one attached hydrogen (secondary N) is 1. The number of aromatic nitrogens is 2. The van der Waals surface area contributed by atoms with Gasteiger partial charge in [0.25, 0.3) is 5.82 Å². The summed E-state index contributed by atoms with van der Waals surface area (Å²) in [6.07, 6.45) is 4.88. The number of imidazole rings is 1. The minimum atomic E-state index is -0.260. The molecule has 0 saturated carbocycles. The van der Waals surface area contributed by atoms with E-state index in [9.17, 15) is 4.79 Å². The predicted molar refractivity (Wildman–Crippen MR) is 68.6 cm³/mol. The molecule has 0 aliphatic carbocycles. The first-order valence-corrected chi connectivity index (χ1v) is 6.57. The summed E-state index contributed by atoms with van der Waals surface area (Å²) in [7, 11) is 1.87. The van der Waals surface area contributed by atoms with Gasteiger partial charge in [0.2, 0.25) is 0 Å². The lowest BCUT2D eigenvalue weighted by atomic mass is 10.4. The number of H-pyrrole nitrogens is 1. The van der Waals surface area contributed by atoms with Gasteiger partial charge in [0.05, 0.1) is 26.9 Å². The summed E-state index contributed by atoms with van der Waals surface area (Å²) in [6, 6.07) is 0. The number of ether oxygens (including phenoxy) is 3. The molecule has 0 fully saturated rings. The first kappa shape index (κ1) is 15.7. The van der Waals surface area contributed by atoms with Gasteiger partial charge in [0.1, 0.15) is 25.4 Å². The molecule has 1 N–H and O–H groups in total. The Morgan fingerprint density at radius 3 is 2.53 bits per heavy atom. The van der Waals surface area contributed by atoms with Crippen LogP contribution < -0.4 is 4.57 Å². The Morgan fingerprint density at radius 2 is 1.89 bits per heavy atom. The van der Waals surface area contributed by atoms with E-state index < -0.39 is 0 Å². The van der Waals surface area contributed by atoms with E-state index in [1.54, 1.807) is 6.20 Å². The van der Waals surface area contributed by atoms with Crippen molar-refractivity contribution in [2.24, 2.45) is 7.05 Å². The fraction of sp³-hybridized carbons (Fsp3) is 0.692. The fourth-order valence-electron chi connectivity index (χ4n) is 1.48. The largest absolute Gasteiger partial charge is 0.463 e. The quantitative estimate of drug-likeness (QED) is 0.379. The van der Waals surface area contributed by atoms with Crippen molar-refractivity contribution in [2.75, 3.05) is 33.0 Å². The van der Waals surface area contributed by atoms with Crippen LogP contribution in [0.3, 0.4) is 0 Å². The minimum Gasteiger partial charge on any atom is -0.463 e. The summed E-state index contributed by atoms with van der Waals surface area (Å²) in [5, 5.41) is 0. The van der Waals surface area contributed by atoms with Crippen LogP contribution in [-0.2, 0) is 32.5 Å². The maximum Gasteiger partial charge on any atom is 0.318 e. The van der Waals surface area contributed by atoms with Gasteiger partial charge in [-0.1, -0.05) is 6.92 Å². The van der Waals surface area contributed by atoms with Crippen LogP contribution >= 0.6 is 0 Å². The Hall–Kier alpha value is -1.40. The normalized spacial score (nSPS) is 10.6. The first-order valence-electron chi connectivity index (χ1n) is 6.57. The molecule has 6 nitrogen and oxygen atoms in total. The molecule has 0 aliphatic rings. The molecule has 0 radical (unpaired) electrons. The zero-order chi connectivity index (χ0) is 13.9. The number of rotatable bonds is 10. The molecule has 108 valence electrons. The number of aromatic amines is 1. The van der Waals surface area contributed by atoms with Gasteiger partial charge in [-0.2, -0.15) is 0 Å². The van der Waals surface area contributed by atoms with Crippen LogP contribution in [0.5, 0.6) is 0 Å². The first-order chi connectivity index (χ1) is 9.24. The van der Waals surface area contributed by atoms with Crippen LogP contribution in [-0.4, -0.2) is 44.0 Å². The molecule has 1 aromatic heterocycles. The fourth-order valence-corrected chi connectivity index (χ4v) is 1.48. The van der Waals surface area contributed by atoms with E-state index in [2.05, 4.69) is 11.9 Å². The molecule has 0 saturated heterocycles. The van der Waals surface area contributed by atoms with Gasteiger partial charge in [0.15, 0.2) is 0 Å². The summed E-state index contributed by atoms with van der Waals surface area (Å²) in [5.41, 5.74) is 0. The standard InChI is InChI=1S/C13H22N2O4/c1-3-6-17-7-8-18-9-10-19-13(16)11-12-14-4-5-15(12)2/h4-5H,3,6-11H2,1-2H3/p+1. The maximum absolute atomic E-state index is 11.5. The molecule has 1 heterocycles.